The van der Waals surface area contributed by atoms with Gasteiger partial charge in [0.2, 0.25) is 5.88 Å². The van der Waals surface area contributed by atoms with Crippen molar-refractivity contribution in [3.63, 3.8) is 0 Å². The van der Waals surface area contributed by atoms with Crippen LogP contribution in [0.4, 0.5) is 5.69 Å². The maximum Gasteiger partial charge on any atom is 0.254 e. The highest BCUT2D eigenvalue weighted by atomic mass is 35.5. The van der Waals surface area contributed by atoms with Gasteiger partial charge in [-0.15, -0.1) is 0 Å². The molecule has 0 aliphatic rings. The largest absolute Gasteiger partial charge is 0.437 e. The summed E-state index contributed by atoms with van der Waals surface area (Å²) in [4.78, 5) is 17.8. The molecule has 6 heteroatoms. The van der Waals surface area contributed by atoms with E-state index in [0.29, 0.717) is 22.3 Å². The van der Waals surface area contributed by atoms with Gasteiger partial charge in [0.25, 0.3) is 5.56 Å². The van der Waals surface area contributed by atoms with Gasteiger partial charge in [-0.25, -0.2) is 4.98 Å². The summed E-state index contributed by atoms with van der Waals surface area (Å²) in [6.07, 6.45) is 0. The van der Waals surface area contributed by atoms with E-state index in [1.54, 1.807) is 25.1 Å². The van der Waals surface area contributed by atoms with Gasteiger partial charge in [-0.3, -0.25) is 4.79 Å². The fourth-order valence-corrected chi connectivity index (χ4v) is 1.51. The molecule has 0 unspecified atom stereocenters. The summed E-state index contributed by atoms with van der Waals surface area (Å²) in [5, 5.41) is 0.518. The minimum Gasteiger partial charge on any atom is -0.437 e. The topological polar surface area (TPSA) is 81.0 Å². The number of H-pyrrole nitrogens is 1. The Bertz CT molecular complexity index is 610. The highest BCUT2D eigenvalue weighted by Gasteiger charge is 2.05. The average molecular weight is 252 g/mol. The zero-order valence-electron chi connectivity index (χ0n) is 9.03. The lowest BCUT2D eigenvalue weighted by molar-refractivity contribution is 0.461. The first kappa shape index (κ1) is 11.5. The number of hydrogen-bond acceptors (Lipinski definition) is 4. The van der Waals surface area contributed by atoms with E-state index >= 15 is 0 Å². The Morgan fingerprint density at radius 1 is 1.41 bits per heavy atom. The summed E-state index contributed by atoms with van der Waals surface area (Å²) in [5.74, 6) is 1.08. The van der Waals surface area contributed by atoms with Crippen LogP contribution in [0.1, 0.15) is 5.82 Å². The van der Waals surface area contributed by atoms with E-state index in [2.05, 4.69) is 9.97 Å². The van der Waals surface area contributed by atoms with E-state index in [4.69, 9.17) is 22.1 Å². The standard InChI is InChI=1S/C11H10ClN3O2/c1-6-14-10(16)5-11(15-6)17-9-3-2-7(12)4-8(9)13/h2-5H,13H2,1H3,(H,14,15,16). The SMILES string of the molecule is Cc1nc(Oc2ccc(Cl)cc2N)cc(=O)[nH]1. The van der Waals surface area contributed by atoms with Crippen molar-refractivity contribution < 1.29 is 4.74 Å². The molecule has 0 spiro atoms. The van der Waals surface area contributed by atoms with Crippen LogP contribution in [0.15, 0.2) is 29.1 Å². The van der Waals surface area contributed by atoms with Gasteiger partial charge < -0.3 is 15.5 Å². The molecule has 0 saturated carbocycles. The van der Waals surface area contributed by atoms with E-state index in [9.17, 15) is 4.79 Å². The lowest BCUT2D eigenvalue weighted by Gasteiger charge is -2.07. The van der Waals surface area contributed by atoms with Crippen molar-refractivity contribution in [3.8, 4) is 11.6 Å². The van der Waals surface area contributed by atoms with Gasteiger partial charge >= 0.3 is 0 Å². The molecule has 88 valence electrons. The predicted octanol–water partition coefficient (Wildman–Crippen LogP) is 2.11. The predicted molar refractivity (Wildman–Crippen MR) is 65.5 cm³/mol. The molecule has 2 aromatic rings. The number of aromatic amines is 1. The molecule has 1 aromatic carbocycles. The van der Waals surface area contributed by atoms with Gasteiger partial charge in [-0.05, 0) is 25.1 Å². The van der Waals surface area contributed by atoms with Gasteiger partial charge in [0, 0.05) is 5.02 Å². The molecule has 3 N–H and O–H groups in total. The van der Waals surface area contributed by atoms with Gasteiger partial charge in [-0.1, -0.05) is 11.6 Å². The number of anilines is 1. The highest BCUT2D eigenvalue weighted by Crippen LogP contribution is 2.28. The van der Waals surface area contributed by atoms with Crippen LogP contribution >= 0.6 is 11.6 Å². The zero-order chi connectivity index (χ0) is 12.4. The quantitative estimate of drug-likeness (QED) is 0.801. The van der Waals surface area contributed by atoms with E-state index in [1.165, 1.54) is 6.07 Å². The molecule has 0 fully saturated rings. The minimum absolute atomic E-state index is 0.195. The number of rotatable bonds is 2. The number of nitrogens with one attached hydrogen (secondary N) is 1. The molecular weight excluding hydrogens is 242 g/mol. The molecular formula is C11H10ClN3O2. The summed E-state index contributed by atoms with van der Waals surface area (Å²) < 4.78 is 5.41. The Morgan fingerprint density at radius 3 is 2.82 bits per heavy atom. The monoisotopic (exact) mass is 251 g/mol. The summed E-state index contributed by atoms with van der Waals surface area (Å²) in [7, 11) is 0. The fraction of sp³-hybridized carbons (Fsp3) is 0.0909. The smallest absolute Gasteiger partial charge is 0.254 e. The summed E-state index contributed by atoms with van der Waals surface area (Å²) in [6, 6.07) is 6.08. The fourth-order valence-electron chi connectivity index (χ4n) is 1.33. The molecule has 1 aromatic heterocycles. The van der Waals surface area contributed by atoms with Crippen LogP contribution < -0.4 is 16.0 Å². The van der Waals surface area contributed by atoms with E-state index in [1.807, 2.05) is 0 Å². The second kappa shape index (κ2) is 4.47. The first-order valence-electron chi connectivity index (χ1n) is 4.85. The Balaban J connectivity index is 2.34. The maximum absolute atomic E-state index is 11.2. The molecule has 2 rings (SSSR count). The number of nitrogens with two attached hydrogens (primary N) is 1. The number of benzene rings is 1. The molecule has 0 saturated heterocycles. The van der Waals surface area contributed by atoms with Crippen LogP contribution in [0, 0.1) is 6.92 Å². The average Bonchev–Trinajstić information content (AvgIpc) is 2.21. The minimum atomic E-state index is -0.278. The number of hydrogen-bond donors (Lipinski definition) is 2. The lowest BCUT2D eigenvalue weighted by Crippen LogP contribution is -2.08. The third-order valence-electron chi connectivity index (χ3n) is 2.02. The summed E-state index contributed by atoms with van der Waals surface area (Å²) in [5.41, 5.74) is 5.83. The van der Waals surface area contributed by atoms with Crippen LogP contribution in [-0.2, 0) is 0 Å². The second-order valence-electron chi connectivity index (χ2n) is 3.45. The second-order valence-corrected chi connectivity index (χ2v) is 3.89. The number of aromatic nitrogens is 2. The van der Waals surface area contributed by atoms with Gasteiger partial charge in [0.15, 0.2) is 5.75 Å². The van der Waals surface area contributed by atoms with Crippen molar-refractivity contribution in [2.75, 3.05) is 5.73 Å². The Morgan fingerprint density at radius 2 is 2.18 bits per heavy atom. The van der Waals surface area contributed by atoms with Crippen LogP contribution in [0.5, 0.6) is 11.6 Å². The highest BCUT2D eigenvalue weighted by molar-refractivity contribution is 6.30. The third kappa shape index (κ3) is 2.76. The van der Waals surface area contributed by atoms with Gasteiger partial charge in [0.05, 0.1) is 11.8 Å². The lowest BCUT2D eigenvalue weighted by atomic mass is 10.3. The van der Waals surface area contributed by atoms with Crippen molar-refractivity contribution in [2.45, 2.75) is 6.92 Å². The number of nitrogen functional groups attached to an aromatic ring is 1. The molecule has 1 heterocycles. The molecule has 0 aliphatic heterocycles. The Kier molecular flexibility index (Phi) is 3.01. The van der Waals surface area contributed by atoms with Crippen LogP contribution in [0.2, 0.25) is 5.02 Å². The maximum atomic E-state index is 11.2. The normalized spacial score (nSPS) is 10.2. The molecule has 17 heavy (non-hydrogen) atoms. The molecule has 0 radical (unpaired) electrons. The van der Waals surface area contributed by atoms with Crippen molar-refractivity contribution in [1.29, 1.82) is 0 Å². The summed E-state index contributed by atoms with van der Waals surface area (Å²) in [6.45, 7) is 1.67. The Labute approximate surface area is 102 Å². The van der Waals surface area contributed by atoms with Crippen molar-refractivity contribution in [3.05, 3.63) is 45.5 Å². The molecule has 0 amide bonds. The van der Waals surface area contributed by atoms with Gasteiger partial charge in [-0.2, -0.15) is 0 Å². The third-order valence-corrected chi connectivity index (χ3v) is 2.26. The number of nitrogens with zero attached hydrogens (tertiary/aromatic N) is 1. The van der Waals surface area contributed by atoms with Crippen molar-refractivity contribution in [1.82, 2.24) is 9.97 Å². The van der Waals surface area contributed by atoms with E-state index < -0.39 is 0 Å². The molecule has 0 atom stereocenters. The number of ether oxygens (including phenoxy) is 1. The zero-order valence-corrected chi connectivity index (χ0v) is 9.78. The van der Waals surface area contributed by atoms with Crippen LogP contribution in [0.25, 0.3) is 0 Å². The summed E-state index contributed by atoms with van der Waals surface area (Å²) >= 11 is 5.76. The molecule has 0 aliphatic carbocycles. The first-order valence-corrected chi connectivity index (χ1v) is 5.23. The first-order chi connectivity index (χ1) is 8.04. The Hall–Kier alpha value is -2.01. The van der Waals surface area contributed by atoms with E-state index in [-0.39, 0.29) is 11.4 Å². The van der Waals surface area contributed by atoms with E-state index in [0.717, 1.165) is 0 Å². The molecule has 5 nitrogen and oxygen atoms in total. The number of aryl methyl sites for hydroxylation is 1. The van der Waals surface area contributed by atoms with Crippen molar-refractivity contribution >= 4 is 17.3 Å². The van der Waals surface area contributed by atoms with Gasteiger partial charge in [0.1, 0.15) is 5.82 Å². The van der Waals surface area contributed by atoms with Crippen LogP contribution in [-0.4, -0.2) is 9.97 Å². The van der Waals surface area contributed by atoms with Crippen LogP contribution in [0.3, 0.4) is 0 Å². The number of halogens is 1. The molecule has 0 bridgehead atoms. The van der Waals surface area contributed by atoms with Crippen molar-refractivity contribution in [2.24, 2.45) is 0 Å².